The number of methoxy groups -OCH3 is 1. The van der Waals surface area contributed by atoms with Crippen molar-refractivity contribution in [3.05, 3.63) is 65.8 Å². The van der Waals surface area contributed by atoms with Crippen molar-refractivity contribution in [2.75, 3.05) is 7.11 Å². The van der Waals surface area contributed by atoms with Crippen LogP contribution in [0.3, 0.4) is 0 Å². The van der Waals surface area contributed by atoms with Gasteiger partial charge in [-0.3, -0.25) is 0 Å². The van der Waals surface area contributed by atoms with Crippen LogP contribution in [0, 0.1) is 0 Å². The quantitative estimate of drug-likeness (QED) is 0.721. The van der Waals surface area contributed by atoms with Gasteiger partial charge in [-0.15, -0.1) is 0 Å². The van der Waals surface area contributed by atoms with Crippen molar-refractivity contribution in [2.24, 2.45) is 0 Å². The Bertz CT molecular complexity index is 722. The van der Waals surface area contributed by atoms with E-state index < -0.39 is 0 Å². The summed E-state index contributed by atoms with van der Waals surface area (Å²) in [7, 11) is 1.64. The summed E-state index contributed by atoms with van der Waals surface area (Å²) in [6.07, 6.45) is 0. The van der Waals surface area contributed by atoms with Crippen LogP contribution < -0.4 is 4.74 Å². The first-order valence-corrected chi connectivity index (χ1v) is 6.61. The lowest BCUT2D eigenvalue weighted by Gasteiger charge is -2.05. The van der Waals surface area contributed by atoms with E-state index in [-0.39, 0.29) is 0 Å². The molecule has 3 rings (SSSR count). The SMILES string of the molecule is COc1cccc(-n2nc(-c3ccccc3)cc2Cl)c1. The van der Waals surface area contributed by atoms with Gasteiger partial charge in [-0.2, -0.15) is 5.10 Å². The highest BCUT2D eigenvalue weighted by atomic mass is 35.5. The van der Waals surface area contributed by atoms with Gasteiger partial charge < -0.3 is 4.74 Å². The Morgan fingerprint density at radius 1 is 1.00 bits per heavy atom. The van der Waals surface area contributed by atoms with Gasteiger partial charge in [-0.25, -0.2) is 4.68 Å². The lowest BCUT2D eigenvalue weighted by Crippen LogP contribution is -1.97. The van der Waals surface area contributed by atoms with Crippen molar-refractivity contribution in [1.82, 2.24) is 9.78 Å². The molecule has 2 aromatic carbocycles. The van der Waals surface area contributed by atoms with E-state index in [0.717, 1.165) is 22.7 Å². The summed E-state index contributed by atoms with van der Waals surface area (Å²) >= 11 is 6.28. The first-order valence-electron chi connectivity index (χ1n) is 6.23. The van der Waals surface area contributed by atoms with Crippen molar-refractivity contribution in [1.29, 1.82) is 0 Å². The summed E-state index contributed by atoms with van der Waals surface area (Å²) in [4.78, 5) is 0. The Morgan fingerprint density at radius 3 is 2.55 bits per heavy atom. The third-order valence-corrected chi connectivity index (χ3v) is 3.30. The molecule has 0 fully saturated rings. The molecule has 0 spiro atoms. The van der Waals surface area contributed by atoms with Crippen molar-refractivity contribution in [2.45, 2.75) is 0 Å². The Labute approximate surface area is 122 Å². The minimum absolute atomic E-state index is 0.567. The molecule has 20 heavy (non-hydrogen) atoms. The van der Waals surface area contributed by atoms with Crippen LogP contribution in [0.15, 0.2) is 60.7 Å². The van der Waals surface area contributed by atoms with E-state index in [2.05, 4.69) is 5.10 Å². The molecule has 0 aliphatic heterocycles. The largest absolute Gasteiger partial charge is 0.497 e. The predicted octanol–water partition coefficient (Wildman–Crippen LogP) is 4.20. The number of benzene rings is 2. The molecule has 0 aliphatic rings. The van der Waals surface area contributed by atoms with E-state index in [9.17, 15) is 0 Å². The lowest BCUT2D eigenvalue weighted by molar-refractivity contribution is 0.414. The van der Waals surface area contributed by atoms with Gasteiger partial charge in [-0.05, 0) is 12.1 Å². The molecule has 0 saturated carbocycles. The average Bonchev–Trinajstić information content (AvgIpc) is 2.90. The van der Waals surface area contributed by atoms with Gasteiger partial charge in [0, 0.05) is 17.7 Å². The monoisotopic (exact) mass is 284 g/mol. The highest BCUT2D eigenvalue weighted by Gasteiger charge is 2.09. The van der Waals surface area contributed by atoms with E-state index >= 15 is 0 Å². The first-order chi connectivity index (χ1) is 9.78. The zero-order chi connectivity index (χ0) is 13.9. The topological polar surface area (TPSA) is 27.1 Å². The molecular formula is C16H13ClN2O. The number of ether oxygens (including phenoxy) is 1. The van der Waals surface area contributed by atoms with Crippen molar-refractivity contribution in [3.63, 3.8) is 0 Å². The molecule has 1 heterocycles. The molecule has 4 heteroatoms. The maximum absolute atomic E-state index is 6.28. The smallest absolute Gasteiger partial charge is 0.133 e. The number of rotatable bonds is 3. The molecule has 0 N–H and O–H groups in total. The standard InChI is InChI=1S/C16H13ClN2O/c1-20-14-9-5-8-13(10-14)19-16(17)11-15(18-19)12-6-3-2-4-7-12/h2-11H,1H3. The van der Waals surface area contributed by atoms with Crippen LogP contribution >= 0.6 is 11.6 Å². The number of hydrogen-bond acceptors (Lipinski definition) is 2. The van der Waals surface area contributed by atoms with Crippen molar-refractivity contribution < 1.29 is 4.74 Å². The van der Waals surface area contributed by atoms with Gasteiger partial charge in [0.05, 0.1) is 18.5 Å². The highest BCUT2D eigenvalue weighted by molar-refractivity contribution is 6.30. The van der Waals surface area contributed by atoms with Crippen LogP contribution in [0.1, 0.15) is 0 Å². The van der Waals surface area contributed by atoms with E-state index in [1.165, 1.54) is 0 Å². The van der Waals surface area contributed by atoms with Crippen LogP contribution in [0.2, 0.25) is 5.15 Å². The second kappa shape index (κ2) is 5.39. The molecular weight excluding hydrogens is 272 g/mol. The molecule has 0 radical (unpaired) electrons. The minimum Gasteiger partial charge on any atom is -0.497 e. The Balaban J connectivity index is 2.05. The Kier molecular flexibility index (Phi) is 3.44. The van der Waals surface area contributed by atoms with Crippen LogP contribution in [0.25, 0.3) is 16.9 Å². The summed E-state index contributed by atoms with van der Waals surface area (Å²) in [5, 5.41) is 5.12. The van der Waals surface area contributed by atoms with E-state index in [1.54, 1.807) is 11.8 Å². The summed E-state index contributed by atoms with van der Waals surface area (Å²) < 4.78 is 6.92. The van der Waals surface area contributed by atoms with Crippen LogP contribution in [0.4, 0.5) is 0 Å². The van der Waals surface area contributed by atoms with E-state index in [0.29, 0.717) is 5.15 Å². The van der Waals surface area contributed by atoms with E-state index in [1.807, 2.05) is 60.7 Å². The van der Waals surface area contributed by atoms with Gasteiger partial charge in [0.25, 0.3) is 0 Å². The molecule has 100 valence electrons. The molecule has 1 aromatic heterocycles. The zero-order valence-electron chi connectivity index (χ0n) is 11.0. The maximum atomic E-state index is 6.28. The van der Waals surface area contributed by atoms with Gasteiger partial charge in [-0.1, -0.05) is 48.0 Å². The lowest BCUT2D eigenvalue weighted by atomic mass is 10.2. The fourth-order valence-electron chi connectivity index (χ4n) is 2.03. The fraction of sp³-hybridized carbons (Fsp3) is 0.0625. The molecule has 0 saturated heterocycles. The third kappa shape index (κ3) is 2.40. The number of hydrogen-bond donors (Lipinski definition) is 0. The summed E-state index contributed by atoms with van der Waals surface area (Å²) in [5.74, 6) is 0.773. The maximum Gasteiger partial charge on any atom is 0.133 e. The second-order valence-electron chi connectivity index (χ2n) is 4.33. The number of nitrogens with zero attached hydrogens (tertiary/aromatic N) is 2. The first kappa shape index (κ1) is 12.8. The summed E-state index contributed by atoms with van der Waals surface area (Å²) in [6.45, 7) is 0. The van der Waals surface area contributed by atoms with Gasteiger partial charge in [0.2, 0.25) is 0 Å². The zero-order valence-corrected chi connectivity index (χ0v) is 11.7. The highest BCUT2D eigenvalue weighted by Crippen LogP contribution is 2.25. The molecule has 0 amide bonds. The molecule has 0 aliphatic carbocycles. The van der Waals surface area contributed by atoms with Gasteiger partial charge in [0.15, 0.2) is 0 Å². The van der Waals surface area contributed by atoms with E-state index in [4.69, 9.17) is 16.3 Å². The van der Waals surface area contributed by atoms with Crippen molar-refractivity contribution in [3.8, 4) is 22.7 Å². The van der Waals surface area contributed by atoms with Crippen LogP contribution in [-0.2, 0) is 0 Å². The van der Waals surface area contributed by atoms with Crippen LogP contribution in [-0.4, -0.2) is 16.9 Å². The molecule has 0 atom stereocenters. The number of aromatic nitrogens is 2. The Morgan fingerprint density at radius 2 is 1.80 bits per heavy atom. The van der Waals surface area contributed by atoms with Crippen molar-refractivity contribution >= 4 is 11.6 Å². The molecule has 3 aromatic rings. The predicted molar refractivity (Wildman–Crippen MR) is 80.6 cm³/mol. The minimum atomic E-state index is 0.567. The Hall–Kier alpha value is -2.26. The number of halogens is 1. The van der Waals surface area contributed by atoms with Crippen LogP contribution in [0.5, 0.6) is 5.75 Å². The molecule has 3 nitrogen and oxygen atoms in total. The fourth-order valence-corrected chi connectivity index (χ4v) is 2.27. The second-order valence-corrected chi connectivity index (χ2v) is 4.72. The van der Waals surface area contributed by atoms with Gasteiger partial charge in [0.1, 0.15) is 10.9 Å². The average molecular weight is 285 g/mol. The molecule has 0 unspecified atom stereocenters. The summed E-state index contributed by atoms with van der Waals surface area (Å²) in [5.41, 5.74) is 2.76. The summed E-state index contributed by atoms with van der Waals surface area (Å²) in [6, 6.07) is 19.4. The molecule has 0 bridgehead atoms. The van der Waals surface area contributed by atoms with Gasteiger partial charge >= 0.3 is 0 Å². The normalized spacial score (nSPS) is 10.5. The third-order valence-electron chi connectivity index (χ3n) is 3.03.